The fourth-order valence-corrected chi connectivity index (χ4v) is 4.85. The molecule has 33 heavy (non-hydrogen) atoms. The molecule has 1 saturated carbocycles. The Bertz CT molecular complexity index is 1150. The van der Waals surface area contributed by atoms with Crippen LogP contribution in [0.2, 0.25) is 0 Å². The molecule has 8 heteroatoms. The van der Waals surface area contributed by atoms with E-state index >= 15 is 0 Å². The normalized spacial score (nSPS) is 22.3. The lowest BCUT2D eigenvalue weighted by atomic mass is 9.93. The minimum absolute atomic E-state index is 0.179. The average Bonchev–Trinajstić information content (AvgIpc) is 3.44. The van der Waals surface area contributed by atoms with E-state index in [1.807, 2.05) is 16.8 Å². The molecule has 0 aliphatic heterocycles. The van der Waals surface area contributed by atoms with Gasteiger partial charge < -0.3 is 19.5 Å². The van der Waals surface area contributed by atoms with Crippen molar-refractivity contribution in [3.63, 3.8) is 0 Å². The van der Waals surface area contributed by atoms with Gasteiger partial charge in [-0.25, -0.2) is 9.50 Å². The minimum atomic E-state index is 0.179. The molecule has 0 saturated heterocycles. The summed E-state index contributed by atoms with van der Waals surface area (Å²) in [5, 5.41) is 7.85. The molecule has 0 amide bonds. The highest BCUT2D eigenvalue weighted by atomic mass is 16.5. The van der Waals surface area contributed by atoms with Gasteiger partial charge in [0.1, 0.15) is 0 Å². The molecule has 0 aromatic carbocycles. The van der Waals surface area contributed by atoms with Crippen molar-refractivity contribution in [3.05, 3.63) is 53.5 Å². The van der Waals surface area contributed by atoms with Crippen LogP contribution in [0.3, 0.4) is 0 Å². The van der Waals surface area contributed by atoms with Crippen molar-refractivity contribution >= 4 is 17.0 Å². The molecule has 174 valence electrons. The van der Waals surface area contributed by atoms with Crippen molar-refractivity contribution < 1.29 is 14.2 Å². The van der Waals surface area contributed by atoms with E-state index in [1.165, 1.54) is 0 Å². The van der Waals surface area contributed by atoms with Crippen LogP contribution in [0.15, 0.2) is 36.7 Å². The maximum absolute atomic E-state index is 5.89. The van der Waals surface area contributed by atoms with E-state index in [1.54, 1.807) is 20.4 Å². The van der Waals surface area contributed by atoms with Gasteiger partial charge in [-0.05, 0) is 55.0 Å². The standard InChI is InChI=1S/C25H31N5O3/c1-16-14-21(17-9-11-30-19(15-17)8-10-26-30)22-23(16)28-25(29-24(22)32-3)27-18-4-6-20(7-5-18)33-13-12-31-2/h8-11,14-16,18,20H,4-7,12-13H2,1-3H3,(H,27,28,29)/t16-,18?,20?/m0/s1. The van der Waals surface area contributed by atoms with E-state index in [0.29, 0.717) is 37.2 Å². The third kappa shape index (κ3) is 4.45. The first-order valence-corrected chi connectivity index (χ1v) is 11.6. The lowest BCUT2D eigenvalue weighted by Gasteiger charge is -2.29. The third-order valence-corrected chi connectivity index (χ3v) is 6.57. The van der Waals surface area contributed by atoms with Crippen molar-refractivity contribution in [1.82, 2.24) is 19.6 Å². The number of ether oxygens (including phenoxy) is 3. The number of allylic oxidation sites excluding steroid dienone is 1. The predicted molar refractivity (Wildman–Crippen MR) is 127 cm³/mol. The Labute approximate surface area is 194 Å². The number of pyridine rings is 1. The second-order valence-corrected chi connectivity index (χ2v) is 8.78. The van der Waals surface area contributed by atoms with Gasteiger partial charge >= 0.3 is 0 Å². The molecular formula is C25H31N5O3. The highest BCUT2D eigenvalue weighted by Gasteiger charge is 2.30. The van der Waals surface area contributed by atoms with Gasteiger partial charge in [-0.3, -0.25) is 0 Å². The van der Waals surface area contributed by atoms with Crippen LogP contribution in [0.5, 0.6) is 5.88 Å². The van der Waals surface area contributed by atoms with Gasteiger partial charge in [0, 0.05) is 31.5 Å². The fourth-order valence-electron chi connectivity index (χ4n) is 4.85. The van der Waals surface area contributed by atoms with Gasteiger partial charge in [0.05, 0.1) is 43.2 Å². The zero-order valence-corrected chi connectivity index (χ0v) is 19.5. The van der Waals surface area contributed by atoms with Crippen molar-refractivity contribution in [2.75, 3.05) is 32.8 Å². The first kappa shape index (κ1) is 21.9. The van der Waals surface area contributed by atoms with E-state index in [2.05, 4.69) is 35.5 Å². The summed E-state index contributed by atoms with van der Waals surface area (Å²) in [6.07, 6.45) is 10.5. The minimum Gasteiger partial charge on any atom is -0.480 e. The monoisotopic (exact) mass is 449 g/mol. The van der Waals surface area contributed by atoms with Gasteiger partial charge in [-0.15, -0.1) is 0 Å². The van der Waals surface area contributed by atoms with Gasteiger partial charge in [0.15, 0.2) is 0 Å². The Kier molecular flexibility index (Phi) is 6.28. The largest absolute Gasteiger partial charge is 0.480 e. The Hall–Kier alpha value is -2.97. The van der Waals surface area contributed by atoms with Crippen LogP contribution in [0, 0.1) is 0 Å². The molecule has 5 rings (SSSR count). The zero-order valence-electron chi connectivity index (χ0n) is 19.5. The highest BCUT2D eigenvalue weighted by Crippen LogP contribution is 2.43. The Morgan fingerprint density at radius 1 is 1.09 bits per heavy atom. The number of fused-ring (bicyclic) bond motifs is 2. The number of nitrogens with one attached hydrogen (secondary N) is 1. The molecule has 1 N–H and O–H groups in total. The van der Waals surface area contributed by atoms with Crippen LogP contribution in [-0.4, -0.2) is 59.2 Å². The summed E-state index contributed by atoms with van der Waals surface area (Å²) in [5.74, 6) is 1.43. The highest BCUT2D eigenvalue weighted by molar-refractivity contribution is 5.88. The summed E-state index contributed by atoms with van der Waals surface area (Å²) in [6.45, 7) is 3.47. The number of anilines is 1. The molecule has 0 spiro atoms. The Morgan fingerprint density at radius 2 is 1.94 bits per heavy atom. The summed E-state index contributed by atoms with van der Waals surface area (Å²) < 4.78 is 18.6. The second kappa shape index (κ2) is 9.49. The summed E-state index contributed by atoms with van der Waals surface area (Å²) in [6, 6.07) is 6.55. The van der Waals surface area contributed by atoms with Crippen LogP contribution in [0.1, 0.15) is 55.3 Å². The van der Waals surface area contributed by atoms with E-state index in [9.17, 15) is 0 Å². The number of aromatic nitrogens is 4. The van der Waals surface area contributed by atoms with Crippen molar-refractivity contribution in [3.8, 4) is 5.88 Å². The maximum atomic E-state index is 5.89. The predicted octanol–water partition coefficient (Wildman–Crippen LogP) is 4.07. The quantitative estimate of drug-likeness (QED) is 0.519. The third-order valence-electron chi connectivity index (χ3n) is 6.57. The molecule has 0 radical (unpaired) electrons. The van der Waals surface area contributed by atoms with Gasteiger partial charge in [0.25, 0.3) is 0 Å². The Balaban J connectivity index is 1.33. The molecule has 1 fully saturated rings. The SMILES string of the molecule is COCCOC1CCC(Nc2nc(OC)c3c(n2)[C@@H](C)C=C3c2ccn3nccc3c2)CC1. The first-order chi connectivity index (χ1) is 16.2. The first-order valence-electron chi connectivity index (χ1n) is 11.6. The number of nitrogens with zero attached hydrogens (tertiary/aromatic N) is 4. The summed E-state index contributed by atoms with van der Waals surface area (Å²) in [5.41, 5.74) is 5.26. The zero-order chi connectivity index (χ0) is 22.8. The molecule has 2 aliphatic rings. The smallest absolute Gasteiger partial charge is 0.226 e. The number of rotatable bonds is 8. The van der Waals surface area contributed by atoms with Gasteiger partial charge in [-0.2, -0.15) is 10.1 Å². The van der Waals surface area contributed by atoms with Crippen molar-refractivity contribution in [1.29, 1.82) is 0 Å². The van der Waals surface area contributed by atoms with Crippen LogP contribution in [-0.2, 0) is 9.47 Å². The lowest BCUT2D eigenvalue weighted by molar-refractivity contribution is -0.00158. The molecule has 3 aromatic rings. The summed E-state index contributed by atoms with van der Waals surface area (Å²) in [4.78, 5) is 9.67. The lowest BCUT2D eigenvalue weighted by Crippen LogP contribution is -2.31. The van der Waals surface area contributed by atoms with E-state index in [4.69, 9.17) is 24.2 Å². The number of hydrogen-bond acceptors (Lipinski definition) is 7. The summed E-state index contributed by atoms with van der Waals surface area (Å²) in [7, 11) is 3.38. The topological polar surface area (TPSA) is 82.8 Å². The number of methoxy groups -OCH3 is 2. The molecule has 1 atom stereocenters. The maximum Gasteiger partial charge on any atom is 0.226 e. The van der Waals surface area contributed by atoms with Crippen molar-refractivity contribution in [2.45, 2.75) is 50.7 Å². The Morgan fingerprint density at radius 3 is 2.73 bits per heavy atom. The molecule has 8 nitrogen and oxygen atoms in total. The van der Waals surface area contributed by atoms with Gasteiger partial charge in [0.2, 0.25) is 11.8 Å². The van der Waals surface area contributed by atoms with Crippen LogP contribution >= 0.6 is 0 Å². The van der Waals surface area contributed by atoms with Crippen LogP contribution in [0.25, 0.3) is 11.1 Å². The molecular weight excluding hydrogens is 418 g/mol. The molecule has 0 unspecified atom stereocenters. The van der Waals surface area contributed by atoms with E-state index in [0.717, 1.165) is 53.6 Å². The van der Waals surface area contributed by atoms with Gasteiger partial charge in [-0.1, -0.05) is 13.0 Å². The van der Waals surface area contributed by atoms with Crippen LogP contribution < -0.4 is 10.1 Å². The number of hydrogen-bond donors (Lipinski definition) is 1. The average molecular weight is 450 g/mol. The van der Waals surface area contributed by atoms with E-state index in [-0.39, 0.29) is 5.92 Å². The molecule has 3 heterocycles. The van der Waals surface area contributed by atoms with Crippen molar-refractivity contribution in [2.24, 2.45) is 0 Å². The summed E-state index contributed by atoms with van der Waals surface area (Å²) >= 11 is 0. The fraction of sp³-hybridized carbons (Fsp3) is 0.480. The van der Waals surface area contributed by atoms with Crippen LogP contribution in [0.4, 0.5) is 5.95 Å². The molecule has 0 bridgehead atoms. The van der Waals surface area contributed by atoms with E-state index < -0.39 is 0 Å². The molecule has 3 aromatic heterocycles. The molecule has 2 aliphatic carbocycles. The second-order valence-electron chi connectivity index (χ2n) is 8.78.